The van der Waals surface area contributed by atoms with Gasteiger partial charge in [-0.1, -0.05) is 148 Å². The molecule has 7 rings (SSSR count). The molecule has 0 atom stereocenters. The smallest absolute Gasteiger partial charge is 1.00 e. The van der Waals surface area contributed by atoms with Crippen molar-refractivity contribution in [3.8, 4) is 0 Å². The first-order valence-electron chi connectivity index (χ1n) is 33.0. The van der Waals surface area contributed by atoms with Crippen molar-refractivity contribution in [1.29, 1.82) is 0 Å². The number of carbonyl (C=O) groups excluding carboxylic acids is 2. The van der Waals surface area contributed by atoms with Gasteiger partial charge in [-0.15, -0.1) is 0 Å². The third kappa shape index (κ3) is 40.8. The van der Waals surface area contributed by atoms with E-state index in [1.807, 2.05) is 13.8 Å². The fraction of sp³-hybridized carbons (Fsp3) is 0.855. The zero-order chi connectivity index (χ0) is 69.4. The molecule has 3 saturated heterocycles. The van der Waals surface area contributed by atoms with Crippen LogP contribution in [0.25, 0.3) is 0 Å². The number of ketones is 2. The van der Waals surface area contributed by atoms with E-state index in [2.05, 4.69) is 204 Å². The molecule has 6 N–H and O–H groups in total. The molecular formula is C69H140Br2ClIKNO13Si4. The van der Waals surface area contributed by atoms with E-state index in [4.69, 9.17) is 63.4 Å². The van der Waals surface area contributed by atoms with Crippen LogP contribution in [0.4, 0.5) is 0 Å². The topological polar surface area (TPSA) is 204 Å². The summed E-state index contributed by atoms with van der Waals surface area (Å²) in [5.41, 5.74) is 6.62. The summed E-state index contributed by atoms with van der Waals surface area (Å²) in [6.45, 7) is 61.2. The maximum Gasteiger partial charge on any atom is 1.00 e. The first kappa shape index (κ1) is 103. The third-order valence-corrected chi connectivity index (χ3v) is 40.3. The van der Waals surface area contributed by atoms with E-state index in [-0.39, 0.29) is 119 Å². The second kappa shape index (κ2) is 49.8. The monoisotopic (exact) mass is 1660 g/mol. The number of aliphatic hydroxyl groups is 3. The summed E-state index contributed by atoms with van der Waals surface area (Å²) in [7, 11) is -6.00. The quantitative estimate of drug-likeness (QED) is 0.0301. The number of allylic oxidation sites excluding steroid dienone is 6. The van der Waals surface area contributed by atoms with E-state index in [1.165, 1.54) is 51.6 Å². The zero-order valence-electron chi connectivity index (χ0n) is 63.5. The molecule has 0 aromatic carbocycles. The Morgan fingerprint density at radius 1 is 0.554 bits per heavy atom. The van der Waals surface area contributed by atoms with Crippen molar-refractivity contribution in [3.05, 3.63) is 42.9 Å². The van der Waals surface area contributed by atoms with Crippen LogP contribution in [-0.2, 0) is 46.6 Å². The molecule has 92 heavy (non-hydrogen) atoms. The molecule has 3 heterocycles. The fourth-order valence-electron chi connectivity index (χ4n) is 7.86. The average molecular weight is 1670 g/mol. The van der Waals surface area contributed by atoms with Gasteiger partial charge in [0.15, 0.2) is 49.7 Å². The molecule has 2 spiro atoms. The Kier molecular flexibility index (Phi) is 55.8. The van der Waals surface area contributed by atoms with E-state index < -0.39 is 32.3 Å². The number of hydrogen-bond donors (Lipinski definition) is 4. The Morgan fingerprint density at radius 3 is 1.18 bits per heavy atom. The van der Waals surface area contributed by atoms with Crippen LogP contribution in [0, 0.1) is 0 Å². The molecule has 0 aromatic heterocycles. The van der Waals surface area contributed by atoms with Crippen molar-refractivity contribution >= 4 is 109 Å². The van der Waals surface area contributed by atoms with Crippen LogP contribution in [0.2, 0.25) is 72.5 Å². The van der Waals surface area contributed by atoms with Crippen LogP contribution in [0.15, 0.2) is 42.9 Å². The second-order valence-corrected chi connectivity index (χ2v) is 54.5. The van der Waals surface area contributed by atoms with E-state index in [0.29, 0.717) is 29.5 Å². The number of halogens is 4. The molecule has 0 radical (unpaired) electrons. The van der Waals surface area contributed by atoms with Gasteiger partial charge in [0, 0.05) is 83.0 Å². The van der Waals surface area contributed by atoms with Gasteiger partial charge in [-0.3, -0.25) is 9.59 Å². The number of aliphatic hydroxyl groups excluding tert-OH is 3. The van der Waals surface area contributed by atoms with Gasteiger partial charge in [-0.25, -0.2) is 0 Å². The number of ether oxygens (including phenoxy) is 5. The molecule has 0 amide bonds. The summed E-state index contributed by atoms with van der Waals surface area (Å²) in [5, 5.41) is 25.7. The van der Waals surface area contributed by atoms with Gasteiger partial charge in [-0.2, -0.15) is 11.1 Å². The minimum Gasteiger partial charge on any atom is -1.00 e. The van der Waals surface area contributed by atoms with Crippen LogP contribution in [0.5, 0.6) is 0 Å². The van der Waals surface area contributed by atoms with Gasteiger partial charge in [0.1, 0.15) is 0 Å². The summed E-state index contributed by atoms with van der Waals surface area (Å²) in [6, 6.07) is 0. The predicted octanol–water partition coefficient (Wildman–Crippen LogP) is 17.7. The Morgan fingerprint density at radius 2 is 0.935 bits per heavy atom. The number of hydrogen-bond acceptors (Lipinski definition) is 14. The second-order valence-electron chi connectivity index (χ2n) is 30.1. The minimum atomic E-state index is -1.62. The molecule has 544 valence electrons. The Hall–Kier alpha value is 2.30. The largest absolute Gasteiger partial charge is 1.00 e. The molecule has 14 nitrogen and oxygen atoms in total. The van der Waals surface area contributed by atoms with Crippen LogP contribution in [-0.4, -0.2) is 155 Å². The molecule has 7 aliphatic rings. The predicted molar refractivity (Wildman–Crippen MR) is 415 cm³/mol. The molecule has 0 saturated carbocycles. The Balaban J connectivity index is -0.000000236. The van der Waals surface area contributed by atoms with Gasteiger partial charge in [0.2, 0.25) is 5.79 Å². The summed E-state index contributed by atoms with van der Waals surface area (Å²) >= 11 is 15.3. The molecule has 4 aliphatic carbocycles. The van der Waals surface area contributed by atoms with Crippen LogP contribution >= 0.6 is 65.5 Å². The maximum absolute atomic E-state index is 10.7. The van der Waals surface area contributed by atoms with Crippen molar-refractivity contribution in [2.75, 3.05) is 83.7 Å². The average Bonchev–Trinajstić information content (AvgIpc) is 1.66. The first-order chi connectivity index (χ1) is 40.7. The number of alkyl halides is 1. The van der Waals surface area contributed by atoms with E-state index in [1.54, 1.807) is 6.08 Å². The van der Waals surface area contributed by atoms with Crippen LogP contribution in [0.1, 0.15) is 216 Å². The molecular weight excluding hydrogens is 1520 g/mol. The molecule has 0 unspecified atom stereocenters. The molecule has 3 fully saturated rings. The normalized spacial score (nSPS) is 18.4. The summed E-state index contributed by atoms with van der Waals surface area (Å²) in [4.78, 5) is 21.1. The molecule has 0 aromatic rings. The summed E-state index contributed by atoms with van der Waals surface area (Å²) < 4.78 is 49.1. The fourth-order valence-corrected chi connectivity index (χ4v) is 12.5. The van der Waals surface area contributed by atoms with E-state index in [9.17, 15) is 9.59 Å². The van der Waals surface area contributed by atoms with Crippen LogP contribution < -0.4 is 57.5 Å². The number of carbonyl (C=O) groups is 2. The number of rotatable bonds is 15. The summed E-state index contributed by atoms with van der Waals surface area (Å²) in [6.07, 6.45) is 16.4. The van der Waals surface area contributed by atoms with Crippen molar-refractivity contribution in [1.82, 2.24) is 6.15 Å². The summed E-state index contributed by atoms with van der Waals surface area (Å²) in [5.74, 6) is -0.217. The SMILES string of the molecule is C.C1CCOC1.CC(C)(C)[Si](C)(C)Cl.CC(C)(C)[Si](C)(C)OCCCI.CC(C)(C)[Si](C)(C)OCCCO.CC1=C(Br)C(=O)CC1.CC1=C(Br)C2(CC1)OCCO2.CC1=C(CCCO[Si](C)(C)C(C)(C)C)C2(CC1)OCCO2.CC1=CC(=O)CC1.N.OCCCO.[H-].[K+]. The first-order valence-corrected chi connectivity index (χ1v) is 48.8. The van der Waals surface area contributed by atoms with Crippen molar-refractivity contribution in [2.45, 2.75) is 299 Å². The van der Waals surface area contributed by atoms with Crippen LogP contribution in [0.3, 0.4) is 0 Å². The molecule has 0 bridgehead atoms. The molecule has 23 heteroatoms. The van der Waals surface area contributed by atoms with Gasteiger partial charge in [0.05, 0.1) is 35.4 Å². The van der Waals surface area contributed by atoms with Crippen molar-refractivity contribution in [2.24, 2.45) is 0 Å². The molecule has 3 aliphatic heterocycles. The van der Waals surface area contributed by atoms with Gasteiger partial charge >= 0.3 is 51.4 Å². The Bertz CT molecular complexity index is 2110. The van der Waals surface area contributed by atoms with Gasteiger partial charge in [-0.05, 0) is 201 Å². The van der Waals surface area contributed by atoms with E-state index >= 15 is 0 Å². The minimum absolute atomic E-state index is 0. The zero-order valence-corrected chi connectivity index (χ0v) is 75.7. The third-order valence-electron chi connectivity index (χ3n) is 18.3. The standard InChI is InChI=1S/C17H32O3Si.C9H21IOSi.C9H22O2Si.C8H11BrO2.C6H7BrO.C6H15ClSi.C6H8O.C4H8O.C3H8O2.CH4.K.H3N.H/c1-14-9-10-17(18-12-13-19-17)15(14)8-7-11-20-21(5,6)16(2,3)4;2*1-9(2,3)12(4,5)11-8-6-7-10;1-6-2-3-8(7(6)9)10-4-5-11-8;1-4-2-3-5(8)6(4)7;1-6(2,3)8(4,5)7;1-5-2-3-6(7)4-5;1-2-4-5-3-1;4-2-1-3-5;;;;/h7-13H2,1-6H3;6-8H2,1-5H3;10H,6-8H2,1-5H3;2-5H2,1H3;2-3H2,1H3;1-5H3;4H,2-3H2,1H3;1-4H2;4-5H,1-3H2;1H4;;1H3;/q;;;;;;;;;;+1;;-1. The van der Waals surface area contributed by atoms with E-state index in [0.717, 1.165) is 126 Å². The Labute approximate surface area is 648 Å². The van der Waals surface area contributed by atoms with Crippen molar-refractivity contribution in [3.63, 3.8) is 0 Å². The maximum atomic E-state index is 10.7. The van der Waals surface area contributed by atoms with Gasteiger partial charge in [0.25, 0.3) is 0 Å². The van der Waals surface area contributed by atoms with Gasteiger partial charge < -0.3 is 59.9 Å². The number of Topliss-reactive ketones (excluding diaryl/α,β-unsaturated/α-hetero) is 1. The van der Waals surface area contributed by atoms with Crippen molar-refractivity contribution < 1.29 is 115 Å².